The number of aliphatic hydroxyl groups excluding tert-OH is 1. The summed E-state index contributed by atoms with van der Waals surface area (Å²) < 4.78 is 28.2. The van der Waals surface area contributed by atoms with Crippen molar-refractivity contribution in [3.8, 4) is 0 Å². The first-order valence-electron chi connectivity index (χ1n) is 6.54. The van der Waals surface area contributed by atoms with Gasteiger partial charge in [0.1, 0.15) is 12.6 Å². The SMILES string of the molecule is Cc1cccc([C@H](N2CCNCC2)C(F)(F)CO)c1.Cl. The van der Waals surface area contributed by atoms with Crippen LogP contribution in [0.4, 0.5) is 8.78 Å². The summed E-state index contributed by atoms with van der Waals surface area (Å²) in [6.45, 7) is 3.28. The molecule has 0 spiro atoms. The Hall–Kier alpha value is -0.750. The molecule has 1 saturated heterocycles. The van der Waals surface area contributed by atoms with Crippen LogP contribution in [0.15, 0.2) is 24.3 Å². The Labute approximate surface area is 124 Å². The lowest BCUT2D eigenvalue weighted by atomic mass is 9.97. The summed E-state index contributed by atoms with van der Waals surface area (Å²) in [6, 6.07) is 6.10. The standard InChI is InChI=1S/C14H20F2N2O.ClH/c1-11-3-2-4-12(9-11)13(14(15,16)10-19)18-7-5-17-6-8-18;/h2-4,9,13,17,19H,5-8,10H2,1H3;1H/t13-;/m0./s1. The van der Waals surface area contributed by atoms with E-state index in [1.807, 2.05) is 13.0 Å². The zero-order valence-corrected chi connectivity index (χ0v) is 12.3. The minimum absolute atomic E-state index is 0. The molecule has 3 nitrogen and oxygen atoms in total. The zero-order chi connectivity index (χ0) is 13.9. The minimum Gasteiger partial charge on any atom is -0.390 e. The Morgan fingerprint density at radius 2 is 2.00 bits per heavy atom. The molecule has 0 saturated carbocycles. The number of benzene rings is 1. The molecular formula is C14H21ClF2N2O. The number of nitrogens with one attached hydrogen (secondary N) is 1. The quantitative estimate of drug-likeness (QED) is 0.893. The molecule has 1 fully saturated rings. The van der Waals surface area contributed by atoms with Crippen molar-refractivity contribution in [2.75, 3.05) is 32.8 Å². The third-order valence-electron chi connectivity index (χ3n) is 3.49. The zero-order valence-electron chi connectivity index (χ0n) is 11.5. The monoisotopic (exact) mass is 306 g/mol. The van der Waals surface area contributed by atoms with Gasteiger partial charge in [-0.05, 0) is 12.5 Å². The van der Waals surface area contributed by atoms with Crippen LogP contribution in [0.25, 0.3) is 0 Å². The lowest BCUT2D eigenvalue weighted by Crippen LogP contribution is -2.51. The summed E-state index contributed by atoms with van der Waals surface area (Å²) in [5.74, 6) is -3.13. The van der Waals surface area contributed by atoms with E-state index in [0.717, 1.165) is 5.56 Å². The number of nitrogens with zero attached hydrogens (tertiary/aromatic N) is 1. The maximum absolute atomic E-state index is 14.1. The van der Waals surface area contributed by atoms with E-state index < -0.39 is 18.6 Å². The third kappa shape index (κ3) is 3.88. The summed E-state index contributed by atoms with van der Waals surface area (Å²) in [5.41, 5.74) is 1.52. The average molecular weight is 307 g/mol. The van der Waals surface area contributed by atoms with Crippen LogP contribution in [0.1, 0.15) is 17.2 Å². The number of hydrogen-bond acceptors (Lipinski definition) is 3. The Morgan fingerprint density at radius 1 is 1.35 bits per heavy atom. The average Bonchev–Trinajstić information content (AvgIpc) is 2.40. The summed E-state index contributed by atoms with van der Waals surface area (Å²) in [6.07, 6.45) is 0. The van der Waals surface area contributed by atoms with Gasteiger partial charge in [0.05, 0.1) is 0 Å². The van der Waals surface area contributed by atoms with Crippen molar-refractivity contribution >= 4 is 12.4 Å². The Balaban J connectivity index is 0.00000200. The fourth-order valence-corrected chi connectivity index (χ4v) is 2.59. The highest BCUT2D eigenvalue weighted by Gasteiger charge is 2.43. The summed E-state index contributed by atoms with van der Waals surface area (Å²) in [5, 5.41) is 12.2. The van der Waals surface area contributed by atoms with Crippen molar-refractivity contribution in [1.29, 1.82) is 0 Å². The van der Waals surface area contributed by atoms with E-state index in [4.69, 9.17) is 5.11 Å². The van der Waals surface area contributed by atoms with Crippen LogP contribution in [0, 0.1) is 6.92 Å². The molecule has 1 atom stereocenters. The first kappa shape index (κ1) is 17.3. The van der Waals surface area contributed by atoms with Gasteiger partial charge in [0.2, 0.25) is 0 Å². The van der Waals surface area contributed by atoms with Crippen molar-refractivity contribution < 1.29 is 13.9 Å². The first-order valence-corrected chi connectivity index (χ1v) is 6.54. The number of rotatable bonds is 4. The fraction of sp³-hybridized carbons (Fsp3) is 0.571. The van der Waals surface area contributed by atoms with Gasteiger partial charge in [-0.2, -0.15) is 0 Å². The van der Waals surface area contributed by atoms with E-state index in [1.54, 1.807) is 23.1 Å². The largest absolute Gasteiger partial charge is 0.390 e. The molecule has 1 aliphatic rings. The molecule has 2 N–H and O–H groups in total. The van der Waals surface area contributed by atoms with E-state index in [-0.39, 0.29) is 12.4 Å². The second-order valence-corrected chi connectivity index (χ2v) is 5.02. The van der Waals surface area contributed by atoms with Crippen LogP contribution < -0.4 is 5.32 Å². The van der Waals surface area contributed by atoms with Crippen molar-refractivity contribution in [1.82, 2.24) is 10.2 Å². The smallest absolute Gasteiger partial charge is 0.289 e. The molecule has 1 aliphatic heterocycles. The molecule has 0 aliphatic carbocycles. The van der Waals surface area contributed by atoms with Gasteiger partial charge < -0.3 is 10.4 Å². The molecule has 0 radical (unpaired) electrons. The second kappa shape index (κ2) is 7.31. The predicted octanol–water partition coefficient (Wildman–Crippen LogP) is 1.99. The third-order valence-corrected chi connectivity index (χ3v) is 3.49. The number of halogens is 3. The lowest BCUT2D eigenvalue weighted by Gasteiger charge is -2.38. The van der Waals surface area contributed by atoms with E-state index in [0.29, 0.717) is 31.7 Å². The van der Waals surface area contributed by atoms with Gasteiger partial charge in [-0.1, -0.05) is 29.8 Å². The molecule has 0 amide bonds. The van der Waals surface area contributed by atoms with Gasteiger partial charge >= 0.3 is 0 Å². The number of alkyl halides is 2. The van der Waals surface area contributed by atoms with Crippen molar-refractivity contribution in [2.24, 2.45) is 0 Å². The Morgan fingerprint density at radius 3 is 2.55 bits per heavy atom. The first-order chi connectivity index (χ1) is 9.04. The summed E-state index contributed by atoms with van der Waals surface area (Å²) in [7, 11) is 0. The van der Waals surface area contributed by atoms with E-state index >= 15 is 0 Å². The molecule has 0 bridgehead atoms. The van der Waals surface area contributed by atoms with Gasteiger partial charge in [0.25, 0.3) is 5.92 Å². The highest BCUT2D eigenvalue weighted by Crippen LogP contribution is 2.36. The molecule has 2 rings (SSSR count). The summed E-state index contributed by atoms with van der Waals surface area (Å²) >= 11 is 0. The van der Waals surface area contributed by atoms with Crippen LogP contribution in [-0.2, 0) is 0 Å². The maximum atomic E-state index is 14.1. The topological polar surface area (TPSA) is 35.5 Å². The highest BCUT2D eigenvalue weighted by molar-refractivity contribution is 5.85. The fourth-order valence-electron chi connectivity index (χ4n) is 2.59. The van der Waals surface area contributed by atoms with E-state index in [2.05, 4.69) is 5.32 Å². The molecule has 1 aromatic carbocycles. The van der Waals surface area contributed by atoms with Gasteiger partial charge in [0, 0.05) is 26.2 Å². The van der Waals surface area contributed by atoms with Gasteiger partial charge in [-0.15, -0.1) is 12.4 Å². The predicted molar refractivity (Wildman–Crippen MR) is 77.6 cm³/mol. The van der Waals surface area contributed by atoms with Gasteiger partial charge in [0.15, 0.2) is 0 Å². The van der Waals surface area contributed by atoms with E-state index in [9.17, 15) is 8.78 Å². The van der Waals surface area contributed by atoms with Crippen molar-refractivity contribution in [3.63, 3.8) is 0 Å². The molecular weight excluding hydrogens is 286 g/mol. The highest BCUT2D eigenvalue weighted by atomic mass is 35.5. The van der Waals surface area contributed by atoms with Crippen molar-refractivity contribution in [3.05, 3.63) is 35.4 Å². The number of aliphatic hydroxyl groups is 1. The van der Waals surface area contributed by atoms with Crippen LogP contribution >= 0.6 is 12.4 Å². The molecule has 1 aromatic rings. The number of hydrogen-bond donors (Lipinski definition) is 2. The number of aryl methyl sites for hydroxylation is 1. The number of piperazine rings is 1. The Bertz CT molecular complexity index is 425. The lowest BCUT2D eigenvalue weighted by molar-refractivity contribution is -0.118. The minimum atomic E-state index is -3.13. The maximum Gasteiger partial charge on any atom is 0.289 e. The molecule has 0 aromatic heterocycles. The van der Waals surface area contributed by atoms with Crippen molar-refractivity contribution in [2.45, 2.75) is 18.9 Å². The molecule has 20 heavy (non-hydrogen) atoms. The second-order valence-electron chi connectivity index (χ2n) is 5.02. The van der Waals surface area contributed by atoms with Gasteiger partial charge in [-0.3, -0.25) is 4.90 Å². The van der Waals surface area contributed by atoms with Crippen LogP contribution in [0.2, 0.25) is 0 Å². The van der Waals surface area contributed by atoms with E-state index in [1.165, 1.54) is 0 Å². The summed E-state index contributed by atoms with van der Waals surface area (Å²) in [4.78, 5) is 1.75. The molecule has 114 valence electrons. The van der Waals surface area contributed by atoms with Crippen LogP contribution in [-0.4, -0.2) is 48.7 Å². The Kier molecular flexibility index (Phi) is 6.33. The molecule has 6 heteroatoms. The normalized spacial score (nSPS) is 18.4. The molecule has 1 heterocycles. The van der Waals surface area contributed by atoms with Crippen LogP contribution in [0.3, 0.4) is 0 Å². The van der Waals surface area contributed by atoms with Gasteiger partial charge in [-0.25, -0.2) is 8.78 Å². The van der Waals surface area contributed by atoms with Crippen LogP contribution in [0.5, 0.6) is 0 Å². The molecule has 0 unspecified atom stereocenters.